The van der Waals surface area contributed by atoms with Gasteiger partial charge in [0.1, 0.15) is 0 Å². The second-order valence-electron chi connectivity index (χ2n) is 6.63. The van der Waals surface area contributed by atoms with Gasteiger partial charge >= 0.3 is 0 Å². The molecule has 0 aliphatic heterocycles. The van der Waals surface area contributed by atoms with Gasteiger partial charge in [-0.3, -0.25) is 14.2 Å². The van der Waals surface area contributed by atoms with Crippen molar-refractivity contribution < 1.29 is 9.32 Å². The van der Waals surface area contributed by atoms with E-state index in [2.05, 4.69) is 25.7 Å². The number of fused-ring (bicyclic) bond motifs is 1. The van der Waals surface area contributed by atoms with Crippen molar-refractivity contribution in [3.8, 4) is 11.3 Å². The summed E-state index contributed by atoms with van der Waals surface area (Å²) >= 11 is 0. The van der Waals surface area contributed by atoms with Crippen molar-refractivity contribution in [2.24, 2.45) is 7.05 Å². The number of anilines is 1. The van der Waals surface area contributed by atoms with E-state index in [1.54, 1.807) is 34.6 Å². The SMILES string of the molecule is Cc1noc2nc(-c3cnn(C)c3)cc(C(=O)Nc3ccn(C(C)C)n3)c12. The number of nitrogens with zero attached hydrogens (tertiary/aromatic N) is 6. The van der Waals surface area contributed by atoms with Crippen LogP contribution in [0.2, 0.25) is 0 Å². The summed E-state index contributed by atoms with van der Waals surface area (Å²) in [5.74, 6) is 0.184. The average Bonchev–Trinajstić information content (AvgIpc) is 3.35. The Bertz CT molecular complexity index is 1140. The summed E-state index contributed by atoms with van der Waals surface area (Å²) in [6, 6.07) is 3.69. The number of aryl methyl sites for hydroxylation is 2. The Balaban J connectivity index is 1.76. The van der Waals surface area contributed by atoms with E-state index in [1.807, 2.05) is 33.3 Å². The molecule has 0 bridgehead atoms. The summed E-state index contributed by atoms with van der Waals surface area (Å²) in [7, 11) is 1.82. The summed E-state index contributed by atoms with van der Waals surface area (Å²) in [6.07, 6.45) is 5.33. The number of aromatic nitrogens is 6. The van der Waals surface area contributed by atoms with Gasteiger partial charge in [-0.1, -0.05) is 5.16 Å². The Morgan fingerprint density at radius 2 is 2.15 bits per heavy atom. The van der Waals surface area contributed by atoms with Crippen LogP contribution in [0.15, 0.2) is 35.2 Å². The van der Waals surface area contributed by atoms with Crippen LogP contribution in [-0.2, 0) is 7.05 Å². The predicted molar refractivity (Wildman–Crippen MR) is 99.3 cm³/mol. The standard InChI is InChI=1S/C18H19N7O2/c1-10(2)25-6-5-15(22-25)21-17(26)13-7-14(12-8-19-24(4)9-12)20-18-16(13)11(3)23-27-18/h5-10H,1-4H3,(H,21,22,26). The normalized spacial score (nSPS) is 11.4. The fourth-order valence-corrected chi connectivity index (χ4v) is 2.85. The highest BCUT2D eigenvalue weighted by Crippen LogP contribution is 2.27. The molecular formula is C18H19N7O2. The van der Waals surface area contributed by atoms with E-state index in [1.165, 1.54) is 0 Å². The third kappa shape index (κ3) is 3.07. The Hall–Kier alpha value is -3.49. The smallest absolute Gasteiger partial charge is 0.259 e. The van der Waals surface area contributed by atoms with Gasteiger partial charge < -0.3 is 9.84 Å². The molecule has 0 aromatic carbocycles. The molecule has 0 unspecified atom stereocenters. The van der Waals surface area contributed by atoms with Crippen LogP contribution >= 0.6 is 0 Å². The lowest BCUT2D eigenvalue weighted by molar-refractivity contribution is 0.102. The summed E-state index contributed by atoms with van der Waals surface area (Å²) in [5, 5.41) is 15.9. The molecule has 0 aliphatic carbocycles. The molecule has 0 radical (unpaired) electrons. The van der Waals surface area contributed by atoms with E-state index < -0.39 is 0 Å². The van der Waals surface area contributed by atoms with Crippen molar-refractivity contribution in [2.75, 3.05) is 5.32 Å². The number of rotatable bonds is 4. The molecule has 0 spiro atoms. The molecule has 9 nitrogen and oxygen atoms in total. The highest BCUT2D eigenvalue weighted by molar-refractivity contribution is 6.12. The predicted octanol–water partition coefficient (Wildman–Crippen LogP) is 2.96. The van der Waals surface area contributed by atoms with Gasteiger partial charge in [-0.05, 0) is 26.8 Å². The molecule has 0 aliphatic rings. The summed E-state index contributed by atoms with van der Waals surface area (Å²) in [4.78, 5) is 17.4. The molecule has 0 saturated carbocycles. The van der Waals surface area contributed by atoms with Gasteiger partial charge in [-0.15, -0.1) is 0 Å². The molecule has 9 heteroatoms. The lowest BCUT2D eigenvalue weighted by atomic mass is 10.1. The maximum atomic E-state index is 13.0. The fourth-order valence-electron chi connectivity index (χ4n) is 2.85. The number of carbonyl (C=O) groups is 1. The van der Waals surface area contributed by atoms with Gasteiger partial charge in [0.25, 0.3) is 11.6 Å². The van der Waals surface area contributed by atoms with E-state index in [-0.39, 0.29) is 11.9 Å². The molecule has 4 heterocycles. The number of nitrogens with one attached hydrogen (secondary N) is 1. The second kappa shape index (κ2) is 6.35. The Morgan fingerprint density at radius 1 is 1.33 bits per heavy atom. The lowest BCUT2D eigenvalue weighted by Gasteiger charge is -2.07. The molecule has 27 heavy (non-hydrogen) atoms. The van der Waals surface area contributed by atoms with Gasteiger partial charge in [0.2, 0.25) is 0 Å². The molecule has 0 fully saturated rings. The van der Waals surface area contributed by atoms with Crippen LogP contribution in [0.5, 0.6) is 0 Å². The van der Waals surface area contributed by atoms with Gasteiger partial charge in [-0.25, -0.2) is 4.98 Å². The molecule has 138 valence electrons. The lowest BCUT2D eigenvalue weighted by Crippen LogP contribution is -2.14. The van der Waals surface area contributed by atoms with E-state index in [9.17, 15) is 4.79 Å². The monoisotopic (exact) mass is 365 g/mol. The van der Waals surface area contributed by atoms with E-state index >= 15 is 0 Å². The van der Waals surface area contributed by atoms with E-state index in [0.29, 0.717) is 33.9 Å². The number of pyridine rings is 1. The molecule has 4 rings (SSSR count). The van der Waals surface area contributed by atoms with E-state index in [4.69, 9.17) is 4.52 Å². The minimum atomic E-state index is -0.298. The third-order valence-electron chi connectivity index (χ3n) is 4.24. The molecule has 4 aromatic heterocycles. The molecule has 0 saturated heterocycles. The molecule has 1 N–H and O–H groups in total. The first-order chi connectivity index (χ1) is 12.9. The van der Waals surface area contributed by atoms with Gasteiger partial charge in [0.15, 0.2) is 5.82 Å². The zero-order valence-electron chi connectivity index (χ0n) is 15.5. The Labute approximate surface area is 155 Å². The highest BCUT2D eigenvalue weighted by Gasteiger charge is 2.20. The van der Waals surface area contributed by atoms with Crippen LogP contribution in [0.4, 0.5) is 5.82 Å². The van der Waals surface area contributed by atoms with Crippen molar-refractivity contribution in [1.82, 2.24) is 29.7 Å². The van der Waals surface area contributed by atoms with Gasteiger partial charge in [-0.2, -0.15) is 10.2 Å². The summed E-state index contributed by atoms with van der Waals surface area (Å²) in [5.41, 5.74) is 2.72. The molecule has 0 atom stereocenters. The van der Waals surface area contributed by atoms with Crippen LogP contribution in [0.25, 0.3) is 22.4 Å². The Morgan fingerprint density at radius 3 is 2.81 bits per heavy atom. The van der Waals surface area contributed by atoms with Crippen molar-refractivity contribution in [3.63, 3.8) is 0 Å². The number of amides is 1. The van der Waals surface area contributed by atoms with Crippen LogP contribution < -0.4 is 5.32 Å². The highest BCUT2D eigenvalue weighted by atomic mass is 16.5. The third-order valence-corrected chi connectivity index (χ3v) is 4.24. The van der Waals surface area contributed by atoms with Crippen molar-refractivity contribution in [2.45, 2.75) is 26.8 Å². The zero-order valence-corrected chi connectivity index (χ0v) is 15.5. The van der Waals surface area contributed by atoms with Crippen LogP contribution in [0, 0.1) is 6.92 Å². The maximum absolute atomic E-state index is 13.0. The number of hydrogen-bond donors (Lipinski definition) is 1. The van der Waals surface area contributed by atoms with Crippen LogP contribution in [0.1, 0.15) is 35.9 Å². The first-order valence-electron chi connectivity index (χ1n) is 8.55. The quantitative estimate of drug-likeness (QED) is 0.596. The zero-order chi connectivity index (χ0) is 19.1. The van der Waals surface area contributed by atoms with Gasteiger partial charge in [0.05, 0.1) is 28.5 Å². The fraction of sp³-hybridized carbons (Fsp3) is 0.278. The number of hydrogen-bond acceptors (Lipinski definition) is 6. The molecule has 4 aromatic rings. The first kappa shape index (κ1) is 17.0. The minimum absolute atomic E-state index is 0.209. The topological polar surface area (TPSA) is 104 Å². The summed E-state index contributed by atoms with van der Waals surface area (Å²) < 4.78 is 8.76. The largest absolute Gasteiger partial charge is 0.335 e. The van der Waals surface area contributed by atoms with Crippen molar-refractivity contribution in [1.29, 1.82) is 0 Å². The molecule has 1 amide bonds. The second-order valence-corrected chi connectivity index (χ2v) is 6.63. The van der Waals surface area contributed by atoms with Crippen molar-refractivity contribution >= 4 is 22.8 Å². The Kier molecular flexibility index (Phi) is 3.98. The van der Waals surface area contributed by atoms with Crippen LogP contribution in [-0.4, -0.2) is 35.6 Å². The molecular weight excluding hydrogens is 346 g/mol. The summed E-state index contributed by atoms with van der Waals surface area (Å²) in [6.45, 7) is 5.82. The van der Waals surface area contributed by atoms with E-state index in [0.717, 1.165) is 5.56 Å². The van der Waals surface area contributed by atoms with Gasteiger partial charge in [0, 0.05) is 37.1 Å². The average molecular weight is 365 g/mol. The minimum Gasteiger partial charge on any atom is -0.335 e. The maximum Gasteiger partial charge on any atom is 0.259 e. The van der Waals surface area contributed by atoms with Crippen LogP contribution in [0.3, 0.4) is 0 Å². The first-order valence-corrected chi connectivity index (χ1v) is 8.55. The van der Waals surface area contributed by atoms with Crippen molar-refractivity contribution in [3.05, 3.63) is 42.0 Å². The number of carbonyl (C=O) groups excluding carboxylic acids is 1.